The van der Waals surface area contributed by atoms with Crippen molar-refractivity contribution in [3.05, 3.63) is 64.6 Å². The smallest absolute Gasteiger partial charge is 0.282 e. The first-order valence-corrected chi connectivity index (χ1v) is 9.29. The van der Waals surface area contributed by atoms with Gasteiger partial charge in [0.15, 0.2) is 5.82 Å². The maximum Gasteiger partial charge on any atom is 0.282 e. The van der Waals surface area contributed by atoms with Gasteiger partial charge in [-0.3, -0.25) is 14.2 Å². The zero-order valence-corrected chi connectivity index (χ0v) is 15.6. The second-order valence-electron chi connectivity index (χ2n) is 6.80. The van der Waals surface area contributed by atoms with Crippen molar-refractivity contribution in [1.29, 1.82) is 0 Å². The van der Waals surface area contributed by atoms with Gasteiger partial charge in [-0.25, -0.2) is 8.78 Å². The predicted octanol–water partition coefficient (Wildman–Crippen LogP) is 4.24. The number of anilines is 1. The minimum Gasteiger partial charge on any atom is -0.308 e. The van der Waals surface area contributed by atoms with E-state index in [0.29, 0.717) is 23.1 Å². The van der Waals surface area contributed by atoms with E-state index in [9.17, 15) is 13.6 Å². The summed E-state index contributed by atoms with van der Waals surface area (Å²) in [6.07, 6.45) is 0.976. The van der Waals surface area contributed by atoms with E-state index in [0.717, 1.165) is 18.4 Å². The number of benzene rings is 1. The number of aromatic nitrogens is 4. The van der Waals surface area contributed by atoms with Gasteiger partial charge in [-0.1, -0.05) is 23.7 Å². The number of carbonyl (C=O) groups is 1. The lowest BCUT2D eigenvalue weighted by Crippen LogP contribution is -2.21. The molecule has 1 aromatic carbocycles. The van der Waals surface area contributed by atoms with Crippen LogP contribution in [-0.2, 0) is 17.9 Å². The fraction of sp³-hybridized carbons (Fsp3) is 0.316. The van der Waals surface area contributed by atoms with E-state index in [-0.39, 0.29) is 24.1 Å². The van der Waals surface area contributed by atoms with Gasteiger partial charge in [-0.2, -0.15) is 10.2 Å². The van der Waals surface area contributed by atoms with Crippen LogP contribution in [0.25, 0.3) is 0 Å². The zero-order valence-electron chi connectivity index (χ0n) is 14.9. The van der Waals surface area contributed by atoms with E-state index >= 15 is 0 Å². The number of alkyl halides is 2. The molecule has 0 saturated heterocycles. The largest absolute Gasteiger partial charge is 0.308 e. The average Bonchev–Trinajstić information content (AvgIpc) is 3.27. The Bertz CT molecular complexity index is 979. The summed E-state index contributed by atoms with van der Waals surface area (Å²) in [4.78, 5) is 12.3. The number of amides is 1. The van der Waals surface area contributed by atoms with Gasteiger partial charge in [0.1, 0.15) is 12.2 Å². The third kappa shape index (κ3) is 4.39. The van der Waals surface area contributed by atoms with E-state index in [1.165, 1.54) is 10.7 Å². The summed E-state index contributed by atoms with van der Waals surface area (Å²) in [6.45, 7) is 0.415. The molecule has 0 aliphatic heterocycles. The Morgan fingerprint density at radius 1 is 1.21 bits per heavy atom. The highest BCUT2D eigenvalue weighted by Gasteiger charge is 2.30. The van der Waals surface area contributed by atoms with E-state index in [4.69, 9.17) is 11.6 Å². The second kappa shape index (κ2) is 7.71. The van der Waals surface area contributed by atoms with Gasteiger partial charge >= 0.3 is 0 Å². The topological polar surface area (TPSA) is 64.7 Å². The SMILES string of the molecule is O=C(Cn1nc(C(F)F)cc1C1CC1)Nc1ccn(Cc2ccc(Cl)cc2)n1. The van der Waals surface area contributed by atoms with Crippen molar-refractivity contribution in [2.24, 2.45) is 0 Å². The highest BCUT2D eigenvalue weighted by Crippen LogP contribution is 2.41. The summed E-state index contributed by atoms with van der Waals surface area (Å²) >= 11 is 5.88. The first kappa shape index (κ1) is 18.6. The average molecular weight is 406 g/mol. The molecule has 1 N–H and O–H groups in total. The first-order valence-electron chi connectivity index (χ1n) is 8.91. The predicted molar refractivity (Wildman–Crippen MR) is 101 cm³/mol. The summed E-state index contributed by atoms with van der Waals surface area (Å²) in [6, 6.07) is 10.5. The number of rotatable bonds is 7. The molecule has 1 amide bonds. The Morgan fingerprint density at radius 2 is 1.96 bits per heavy atom. The molecule has 146 valence electrons. The molecule has 2 heterocycles. The van der Waals surface area contributed by atoms with Gasteiger partial charge in [-0.15, -0.1) is 0 Å². The van der Waals surface area contributed by atoms with Crippen LogP contribution in [0.15, 0.2) is 42.6 Å². The summed E-state index contributed by atoms with van der Waals surface area (Å²) in [7, 11) is 0. The number of halogens is 3. The van der Waals surface area contributed by atoms with Gasteiger partial charge in [0.2, 0.25) is 5.91 Å². The lowest BCUT2D eigenvalue weighted by Gasteiger charge is -2.06. The molecule has 9 heteroatoms. The second-order valence-corrected chi connectivity index (χ2v) is 7.24. The molecule has 1 fully saturated rings. The maximum atomic E-state index is 12.9. The molecule has 3 aromatic rings. The molecule has 0 radical (unpaired) electrons. The van der Waals surface area contributed by atoms with Crippen molar-refractivity contribution in [1.82, 2.24) is 19.6 Å². The highest BCUT2D eigenvalue weighted by atomic mass is 35.5. The highest BCUT2D eigenvalue weighted by molar-refractivity contribution is 6.30. The molecule has 1 saturated carbocycles. The lowest BCUT2D eigenvalue weighted by atomic mass is 10.2. The molecule has 28 heavy (non-hydrogen) atoms. The summed E-state index contributed by atoms with van der Waals surface area (Å²) in [5.74, 6) is 0.252. The van der Waals surface area contributed by atoms with E-state index in [2.05, 4.69) is 15.5 Å². The van der Waals surface area contributed by atoms with Crippen molar-refractivity contribution in [3.8, 4) is 0 Å². The van der Waals surface area contributed by atoms with Gasteiger partial charge in [0.05, 0.1) is 6.54 Å². The lowest BCUT2D eigenvalue weighted by molar-refractivity contribution is -0.117. The molecular formula is C19H18ClF2N5O. The van der Waals surface area contributed by atoms with Gasteiger partial charge in [0, 0.05) is 28.9 Å². The van der Waals surface area contributed by atoms with Crippen molar-refractivity contribution in [2.45, 2.75) is 38.3 Å². The van der Waals surface area contributed by atoms with Gasteiger partial charge < -0.3 is 5.32 Å². The quantitative estimate of drug-likeness (QED) is 0.639. The number of hydrogen-bond donors (Lipinski definition) is 1. The van der Waals surface area contributed by atoms with Crippen LogP contribution in [0.4, 0.5) is 14.6 Å². The van der Waals surface area contributed by atoms with Crippen LogP contribution < -0.4 is 5.32 Å². The fourth-order valence-electron chi connectivity index (χ4n) is 3.00. The fourth-order valence-corrected chi connectivity index (χ4v) is 3.13. The van der Waals surface area contributed by atoms with Crippen LogP contribution >= 0.6 is 11.6 Å². The Balaban J connectivity index is 1.39. The number of carbonyl (C=O) groups excluding carboxylic acids is 1. The molecule has 0 atom stereocenters. The molecule has 0 bridgehead atoms. The Morgan fingerprint density at radius 3 is 2.64 bits per heavy atom. The summed E-state index contributed by atoms with van der Waals surface area (Å²) in [5, 5.41) is 11.6. The van der Waals surface area contributed by atoms with Gasteiger partial charge in [-0.05, 0) is 36.6 Å². The third-order valence-electron chi connectivity index (χ3n) is 4.51. The minimum absolute atomic E-state index is 0.122. The molecule has 1 aliphatic carbocycles. The third-order valence-corrected chi connectivity index (χ3v) is 4.76. The monoisotopic (exact) mass is 405 g/mol. The molecular weight excluding hydrogens is 388 g/mol. The number of nitrogens with zero attached hydrogens (tertiary/aromatic N) is 4. The summed E-state index contributed by atoms with van der Waals surface area (Å²) in [5.41, 5.74) is 1.43. The Kier molecular flexibility index (Phi) is 5.13. The van der Waals surface area contributed by atoms with Crippen LogP contribution in [-0.4, -0.2) is 25.5 Å². The Hall–Kier alpha value is -2.74. The number of nitrogens with one attached hydrogen (secondary N) is 1. The summed E-state index contributed by atoms with van der Waals surface area (Å²) < 4.78 is 28.9. The number of hydrogen-bond acceptors (Lipinski definition) is 3. The molecule has 1 aliphatic rings. The van der Waals surface area contributed by atoms with E-state index in [1.54, 1.807) is 29.1 Å². The van der Waals surface area contributed by atoms with Crippen molar-refractivity contribution in [2.75, 3.05) is 5.32 Å². The minimum atomic E-state index is -2.65. The van der Waals surface area contributed by atoms with Gasteiger partial charge in [0.25, 0.3) is 6.43 Å². The molecule has 6 nitrogen and oxygen atoms in total. The standard InChI is InChI=1S/C19H18ClF2N5O/c20-14-5-1-12(2-6-14)10-26-8-7-17(25-26)23-18(28)11-27-16(13-3-4-13)9-15(24-27)19(21)22/h1-2,5-9,13,19H,3-4,10-11H2,(H,23,25,28). The van der Waals surface area contributed by atoms with E-state index < -0.39 is 6.43 Å². The van der Waals surface area contributed by atoms with Crippen LogP contribution in [0.2, 0.25) is 5.02 Å². The van der Waals surface area contributed by atoms with Crippen LogP contribution in [0, 0.1) is 0 Å². The van der Waals surface area contributed by atoms with Crippen molar-refractivity contribution in [3.63, 3.8) is 0 Å². The first-order chi connectivity index (χ1) is 13.5. The van der Waals surface area contributed by atoms with Crippen molar-refractivity contribution < 1.29 is 13.6 Å². The van der Waals surface area contributed by atoms with Crippen LogP contribution in [0.1, 0.15) is 42.1 Å². The zero-order chi connectivity index (χ0) is 19.7. The molecule has 0 spiro atoms. The molecule has 0 unspecified atom stereocenters. The maximum absolute atomic E-state index is 12.9. The normalized spacial score (nSPS) is 13.9. The van der Waals surface area contributed by atoms with Crippen LogP contribution in [0.5, 0.6) is 0 Å². The van der Waals surface area contributed by atoms with Crippen LogP contribution in [0.3, 0.4) is 0 Å². The van der Waals surface area contributed by atoms with Crippen molar-refractivity contribution >= 4 is 23.3 Å². The molecule has 4 rings (SSSR count). The van der Waals surface area contributed by atoms with E-state index in [1.807, 2.05) is 12.1 Å². The Labute approximate surface area is 165 Å². The molecule has 2 aromatic heterocycles.